The van der Waals surface area contributed by atoms with E-state index >= 15 is 0 Å². The summed E-state index contributed by atoms with van der Waals surface area (Å²) in [5.41, 5.74) is 0.732. The lowest BCUT2D eigenvalue weighted by Gasteiger charge is -2.14. The van der Waals surface area contributed by atoms with Crippen LogP contribution < -0.4 is 14.2 Å². The van der Waals surface area contributed by atoms with E-state index in [-0.39, 0.29) is 22.6 Å². The van der Waals surface area contributed by atoms with Crippen LogP contribution in [0, 0.1) is 5.92 Å². The van der Waals surface area contributed by atoms with Gasteiger partial charge in [-0.1, -0.05) is 49.0 Å². The standard InChI is InChI=1S/C23H28Cl2N2O6S/c1-3-4-5-10-34(29,30)27-22(28)19-13-18(19)17-7-6-16(32-9-8-31-2)12-21(17)33-23-20(25)11-15(24)14-26-23/h6-7,11-12,14,18-19H,3-5,8-10,13H2,1-2H3,(H,27,28)/t18-,19+/m0/s1. The Morgan fingerprint density at radius 1 is 1.21 bits per heavy atom. The molecule has 1 fully saturated rings. The summed E-state index contributed by atoms with van der Waals surface area (Å²) in [4.78, 5) is 16.8. The summed E-state index contributed by atoms with van der Waals surface area (Å²) in [5.74, 6) is -0.139. The number of unbranched alkanes of at least 4 members (excludes halogenated alkanes) is 2. The summed E-state index contributed by atoms with van der Waals surface area (Å²) < 4.78 is 43.3. The van der Waals surface area contributed by atoms with E-state index in [0.717, 1.165) is 18.4 Å². The first-order valence-corrected chi connectivity index (χ1v) is 13.4. The van der Waals surface area contributed by atoms with E-state index in [4.69, 9.17) is 37.4 Å². The second-order valence-electron chi connectivity index (χ2n) is 8.02. The van der Waals surface area contributed by atoms with Gasteiger partial charge in [0, 0.05) is 25.3 Å². The molecule has 0 aliphatic heterocycles. The maximum atomic E-state index is 12.6. The Morgan fingerprint density at radius 2 is 2.00 bits per heavy atom. The van der Waals surface area contributed by atoms with Gasteiger partial charge in [-0.2, -0.15) is 0 Å². The highest BCUT2D eigenvalue weighted by Gasteiger charge is 2.46. The van der Waals surface area contributed by atoms with Gasteiger partial charge in [0.25, 0.3) is 0 Å². The van der Waals surface area contributed by atoms with Crippen molar-refractivity contribution >= 4 is 39.1 Å². The first kappa shape index (κ1) is 26.5. The van der Waals surface area contributed by atoms with E-state index in [1.807, 2.05) is 6.92 Å². The molecule has 186 valence electrons. The minimum absolute atomic E-state index is 0.0629. The highest BCUT2D eigenvalue weighted by atomic mass is 35.5. The van der Waals surface area contributed by atoms with Crippen LogP contribution in [0.2, 0.25) is 10.0 Å². The zero-order valence-electron chi connectivity index (χ0n) is 19.1. The largest absolute Gasteiger partial charge is 0.491 e. The number of benzene rings is 1. The molecule has 1 amide bonds. The van der Waals surface area contributed by atoms with Gasteiger partial charge in [0.1, 0.15) is 23.1 Å². The van der Waals surface area contributed by atoms with Crippen LogP contribution in [0.5, 0.6) is 17.4 Å². The predicted molar refractivity (Wildman–Crippen MR) is 130 cm³/mol. The monoisotopic (exact) mass is 530 g/mol. The molecule has 1 aromatic heterocycles. The average molecular weight is 531 g/mol. The zero-order chi connectivity index (χ0) is 24.7. The molecule has 1 N–H and O–H groups in total. The minimum atomic E-state index is -3.65. The third-order valence-corrected chi connectivity index (χ3v) is 7.14. The van der Waals surface area contributed by atoms with Crippen LogP contribution in [-0.2, 0) is 19.6 Å². The normalized spacial score (nSPS) is 17.3. The number of carbonyl (C=O) groups excluding carboxylic acids is 1. The molecule has 3 rings (SSSR count). The number of sulfonamides is 1. The molecule has 0 spiro atoms. The molecule has 0 radical (unpaired) electrons. The topological polar surface area (TPSA) is 104 Å². The van der Waals surface area contributed by atoms with Crippen LogP contribution in [0.4, 0.5) is 0 Å². The fourth-order valence-electron chi connectivity index (χ4n) is 3.47. The number of nitrogens with zero attached hydrogens (tertiary/aromatic N) is 1. The van der Waals surface area contributed by atoms with E-state index in [1.165, 1.54) is 12.3 Å². The van der Waals surface area contributed by atoms with E-state index in [9.17, 15) is 13.2 Å². The lowest BCUT2D eigenvalue weighted by molar-refractivity contribution is -0.120. The number of methoxy groups -OCH3 is 1. The third-order valence-electron chi connectivity index (χ3n) is 5.32. The van der Waals surface area contributed by atoms with Gasteiger partial charge < -0.3 is 14.2 Å². The Hall–Kier alpha value is -2.07. The zero-order valence-corrected chi connectivity index (χ0v) is 21.4. The molecule has 2 atom stereocenters. The maximum absolute atomic E-state index is 12.6. The van der Waals surface area contributed by atoms with Gasteiger partial charge in [-0.25, -0.2) is 13.4 Å². The van der Waals surface area contributed by atoms with Gasteiger partial charge >= 0.3 is 0 Å². The number of carbonyl (C=O) groups is 1. The Labute approximate surface area is 210 Å². The highest BCUT2D eigenvalue weighted by molar-refractivity contribution is 7.90. The van der Waals surface area contributed by atoms with Gasteiger partial charge in [-0.05, 0) is 36.5 Å². The second kappa shape index (κ2) is 12.1. The molecular weight excluding hydrogens is 503 g/mol. The fourth-order valence-corrected chi connectivity index (χ4v) is 5.04. The summed E-state index contributed by atoms with van der Waals surface area (Å²) in [6, 6.07) is 6.77. The maximum Gasteiger partial charge on any atom is 0.238 e. The van der Waals surface area contributed by atoms with Crippen molar-refractivity contribution in [2.45, 2.75) is 38.5 Å². The number of rotatable bonds is 13. The van der Waals surface area contributed by atoms with Gasteiger partial charge in [0.05, 0.1) is 17.4 Å². The van der Waals surface area contributed by atoms with Gasteiger partial charge in [-0.15, -0.1) is 0 Å². The highest BCUT2D eigenvalue weighted by Crippen LogP contribution is 2.52. The summed E-state index contributed by atoms with van der Waals surface area (Å²) >= 11 is 12.1. The minimum Gasteiger partial charge on any atom is -0.491 e. The van der Waals surface area contributed by atoms with E-state index in [1.54, 1.807) is 25.3 Å². The lowest BCUT2D eigenvalue weighted by atomic mass is 10.1. The fraction of sp³-hybridized carbons (Fsp3) is 0.478. The van der Waals surface area contributed by atoms with E-state index in [0.29, 0.717) is 42.6 Å². The Bertz CT molecular complexity index is 1110. The van der Waals surface area contributed by atoms with Crippen LogP contribution in [0.25, 0.3) is 0 Å². The van der Waals surface area contributed by atoms with Crippen molar-refractivity contribution < 1.29 is 27.4 Å². The third kappa shape index (κ3) is 7.46. The van der Waals surface area contributed by atoms with Crippen LogP contribution in [0.3, 0.4) is 0 Å². The molecular formula is C23H28Cl2N2O6S. The Balaban J connectivity index is 1.77. The van der Waals surface area contributed by atoms with Gasteiger partial charge in [0.2, 0.25) is 21.8 Å². The number of hydrogen-bond acceptors (Lipinski definition) is 7. The van der Waals surface area contributed by atoms with Crippen molar-refractivity contribution in [3.8, 4) is 17.4 Å². The number of amides is 1. The molecule has 0 saturated heterocycles. The molecule has 1 saturated carbocycles. The molecule has 1 aliphatic carbocycles. The average Bonchev–Trinajstić information content (AvgIpc) is 3.57. The molecule has 2 aromatic rings. The van der Waals surface area contributed by atoms with Crippen LogP contribution in [0.15, 0.2) is 30.5 Å². The Morgan fingerprint density at radius 3 is 2.71 bits per heavy atom. The number of ether oxygens (including phenoxy) is 3. The first-order valence-electron chi connectivity index (χ1n) is 11.0. The molecule has 34 heavy (non-hydrogen) atoms. The number of hydrogen-bond donors (Lipinski definition) is 1. The Kier molecular flexibility index (Phi) is 9.41. The second-order valence-corrected chi connectivity index (χ2v) is 10.7. The number of halogens is 2. The quantitative estimate of drug-likeness (QED) is 0.365. The van der Waals surface area contributed by atoms with Crippen molar-refractivity contribution in [2.24, 2.45) is 5.92 Å². The van der Waals surface area contributed by atoms with Crippen molar-refractivity contribution in [2.75, 3.05) is 26.1 Å². The molecule has 0 unspecified atom stereocenters. The predicted octanol–water partition coefficient (Wildman–Crippen LogP) is 4.95. The SMILES string of the molecule is CCCCCS(=O)(=O)NC(=O)[C@@H]1C[C@H]1c1ccc(OCCOC)cc1Oc1ncc(Cl)cc1Cl. The summed E-state index contributed by atoms with van der Waals surface area (Å²) in [5, 5.41) is 0.598. The molecule has 0 bridgehead atoms. The van der Waals surface area contributed by atoms with Crippen LogP contribution >= 0.6 is 23.2 Å². The van der Waals surface area contributed by atoms with Crippen molar-refractivity contribution in [1.29, 1.82) is 0 Å². The first-order chi connectivity index (χ1) is 16.2. The summed E-state index contributed by atoms with van der Waals surface area (Å²) in [6.45, 7) is 2.75. The van der Waals surface area contributed by atoms with E-state index < -0.39 is 21.8 Å². The number of nitrogens with one attached hydrogen (secondary N) is 1. The van der Waals surface area contributed by atoms with Crippen molar-refractivity contribution in [3.63, 3.8) is 0 Å². The molecule has 1 aromatic carbocycles. The summed E-state index contributed by atoms with van der Waals surface area (Å²) in [7, 11) is -2.07. The van der Waals surface area contributed by atoms with Gasteiger partial charge in [0.15, 0.2) is 0 Å². The molecule has 1 aliphatic rings. The summed E-state index contributed by atoms with van der Waals surface area (Å²) in [6.07, 6.45) is 4.12. The molecule has 8 nitrogen and oxygen atoms in total. The number of pyridine rings is 1. The smallest absolute Gasteiger partial charge is 0.238 e. The van der Waals surface area contributed by atoms with Crippen LogP contribution in [-0.4, -0.2) is 45.4 Å². The molecule has 11 heteroatoms. The van der Waals surface area contributed by atoms with Crippen LogP contribution in [0.1, 0.15) is 44.1 Å². The van der Waals surface area contributed by atoms with Crippen molar-refractivity contribution in [1.82, 2.24) is 9.71 Å². The number of aromatic nitrogens is 1. The van der Waals surface area contributed by atoms with Crippen molar-refractivity contribution in [3.05, 3.63) is 46.1 Å². The van der Waals surface area contributed by atoms with Gasteiger partial charge in [-0.3, -0.25) is 9.52 Å². The molecule has 1 heterocycles. The lowest BCUT2D eigenvalue weighted by Crippen LogP contribution is -2.33. The van der Waals surface area contributed by atoms with E-state index in [2.05, 4.69) is 9.71 Å².